The van der Waals surface area contributed by atoms with Crippen LogP contribution in [0.2, 0.25) is 0 Å². The van der Waals surface area contributed by atoms with E-state index in [9.17, 15) is 19.0 Å². The minimum atomic E-state index is -4.39. The third-order valence-corrected chi connectivity index (χ3v) is 10.9. The highest BCUT2D eigenvalue weighted by molar-refractivity contribution is 7.47. The molecule has 0 amide bonds. The van der Waals surface area contributed by atoms with Gasteiger partial charge in [-0.15, -0.1) is 0 Å². The fraction of sp³-hybridized carbons (Fsp3) is 0.660. The molecule has 0 aromatic heterocycles. The first kappa shape index (κ1) is 59.9. The summed E-state index contributed by atoms with van der Waals surface area (Å²) in [7, 11) is -4.39. The minimum Gasteiger partial charge on any atom is -0.462 e. The Labute approximate surface area is 385 Å². The summed E-state index contributed by atoms with van der Waals surface area (Å²) in [5.41, 5.74) is 5.36. The van der Waals surface area contributed by atoms with Crippen LogP contribution in [-0.4, -0.2) is 49.3 Å². The van der Waals surface area contributed by atoms with E-state index in [1.165, 1.54) is 57.8 Å². The van der Waals surface area contributed by atoms with E-state index in [4.69, 9.17) is 24.3 Å². The molecule has 0 saturated carbocycles. The van der Waals surface area contributed by atoms with Gasteiger partial charge in [0.15, 0.2) is 6.10 Å². The highest BCUT2D eigenvalue weighted by atomic mass is 31.2. The molecule has 360 valence electrons. The number of hydrogen-bond donors (Lipinski definition) is 2. The van der Waals surface area contributed by atoms with E-state index in [1.54, 1.807) is 0 Å². The van der Waals surface area contributed by atoms with Gasteiger partial charge in [0.05, 0.1) is 13.2 Å². The monoisotopic (exact) mass is 900 g/mol. The number of rotatable bonds is 45. The fourth-order valence-electron chi connectivity index (χ4n) is 6.38. The van der Waals surface area contributed by atoms with Gasteiger partial charge in [-0.05, 0) is 89.9 Å². The van der Waals surface area contributed by atoms with Crippen LogP contribution in [0.3, 0.4) is 0 Å². The molecule has 0 bridgehead atoms. The van der Waals surface area contributed by atoms with Gasteiger partial charge < -0.3 is 20.1 Å². The van der Waals surface area contributed by atoms with Crippen LogP contribution in [0.1, 0.15) is 194 Å². The standard InChI is InChI=1S/C53H90NO8P/c1-3-5-7-9-11-13-15-17-19-21-22-23-24-25-26-27-28-30-32-34-36-38-40-42-44-46-53(56)62-51(50-61-63(57,58)60-48-47-54)49-59-52(55)45-43-41-39-37-35-33-31-29-20-18-16-14-12-10-8-6-4-2/h5-8,11-14,17-20,22-23,31,33,51H,3-4,9-10,15-16,21,24-30,32,34-50,54H2,1-2H3,(H,57,58)/b7-5-,8-6-,13-11-,14-12-,19-17-,20-18-,23-22-,33-31-. The maximum Gasteiger partial charge on any atom is 0.472 e. The second-order valence-electron chi connectivity index (χ2n) is 15.9. The van der Waals surface area contributed by atoms with Crippen molar-refractivity contribution in [2.75, 3.05) is 26.4 Å². The van der Waals surface area contributed by atoms with Crippen LogP contribution in [0.5, 0.6) is 0 Å². The predicted octanol–water partition coefficient (Wildman–Crippen LogP) is 14.9. The number of esters is 2. The van der Waals surface area contributed by atoms with E-state index in [1.807, 2.05) is 0 Å². The fourth-order valence-corrected chi connectivity index (χ4v) is 7.15. The van der Waals surface area contributed by atoms with E-state index in [0.29, 0.717) is 12.8 Å². The van der Waals surface area contributed by atoms with Gasteiger partial charge in [0.1, 0.15) is 6.61 Å². The van der Waals surface area contributed by atoms with Crippen LogP contribution in [0.4, 0.5) is 0 Å². The number of carbonyl (C=O) groups excluding carboxylic acids is 2. The quantitative estimate of drug-likeness (QED) is 0.0265. The molecular weight excluding hydrogens is 810 g/mol. The summed E-state index contributed by atoms with van der Waals surface area (Å²) in [5.74, 6) is -0.864. The van der Waals surface area contributed by atoms with Gasteiger partial charge in [0.2, 0.25) is 0 Å². The van der Waals surface area contributed by atoms with Gasteiger partial charge >= 0.3 is 19.8 Å². The van der Waals surface area contributed by atoms with Crippen LogP contribution >= 0.6 is 7.82 Å². The van der Waals surface area contributed by atoms with Crippen molar-refractivity contribution in [3.05, 3.63) is 97.2 Å². The van der Waals surface area contributed by atoms with Crippen molar-refractivity contribution in [3.63, 3.8) is 0 Å². The van der Waals surface area contributed by atoms with Crippen LogP contribution in [0.25, 0.3) is 0 Å². The van der Waals surface area contributed by atoms with E-state index in [2.05, 4.69) is 111 Å². The van der Waals surface area contributed by atoms with E-state index >= 15 is 0 Å². The second kappa shape index (κ2) is 48.4. The van der Waals surface area contributed by atoms with Crippen molar-refractivity contribution in [1.29, 1.82) is 0 Å². The van der Waals surface area contributed by atoms with Gasteiger partial charge in [0, 0.05) is 19.4 Å². The van der Waals surface area contributed by atoms with Gasteiger partial charge in [-0.3, -0.25) is 18.6 Å². The highest BCUT2D eigenvalue weighted by Gasteiger charge is 2.26. The summed E-state index contributed by atoms with van der Waals surface area (Å²) in [4.78, 5) is 35.0. The Morgan fingerprint density at radius 2 is 0.825 bits per heavy atom. The van der Waals surface area contributed by atoms with Gasteiger partial charge in [-0.2, -0.15) is 0 Å². The first-order valence-electron chi connectivity index (χ1n) is 24.7. The normalized spacial score (nSPS) is 14.0. The second-order valence-corrected chi connectivity index (χ2v) is 17.4. The van der Waals surface area contributed by atoms with Crippen LogP contribution in [-0.2, 0) is 32.7 Å². The van der Waals surface area contributed by atoms with Gasteiger partial charge in [-0.25, -0.2) is 4.57 Å². The number of ether oxygens (including phenoxy) is 2. The van der Waals surface area contributed by atoms with Gasteiger partial charge in [-0.1, -0.05) is 188 Å². The van der Waals surface area contributed by atoms with Crippen molar-refractivity contribution in [3.8, 4) is 0 Å². The predicted molar refractivity (Wildman–Crippen MR) is 265 cm³/mol. The molecule has 0 aliphatic carbocycles. The maximum atomic E-state index is 12.7. The van der Waals surface area contributed by atoms with Crippen molar-refractivity contribution in [1.82, 2.24) is 0 Å². The smallest absolute Gasteiger partial charge is 0.462 e. The number of phosphoric acid groups is 1. The summed E-state index contributed by atoms with van der Waals surface area (Å²) in [5, 5.41) is 0. The minimum absolute atomic E-state index is 0.0446. The lowest BCUT2D eigenvalue weighted by Gasteiger charge is -2.19. The molecule has 0 aromatic rings. The van der Waals surface area contributed by atoms with E-state index in [0.717, 1.165) is 96.3 Å². The first-order chi connectivity index (χ1) is 30.8. The van der Waals surface area contributed by atoms with E-state index in [-0.39, 0.29) is 32.6 Å². The highest BCUT2D eigenvalue weighted by Crippen LogP contribution is 2.43. The molecule has 2 unspecified atom stereocenters. The molecule has 0 aliphatic heterocycles. The maximum absolute atomic E-state index is 12.7. The Balaban J connectivity index is 4.10. The molecule has 10 heteroatoms. The lowest BCUT2D eigenvalue weighted by Crippen LogP contribution is -2.29. The summed E-state index contributed by atoms with van der Waals surface area (Å²) >= 11 is 0. The number of hydrogen-bond acceptors (Lipinski definition) is 8. The summed E-state index contributed by atoms with van der Waals surface area (Å²) in [6.07, 6.45) is 63.0. The number of nitrogens with two attached hydrogens (primary N) is 1. The molecule has 0 aromatic carbocycles. The molecule has 0 saturated heterocycles. The molecule has 0 spiro atoms. The van der Waals surface area contributed by atoms with Crippen LogP contribution < -0.4 is 5.73 Å². The van der Waals surface area contributed by atoms with Crippen LogP contribution in [0.15, 0.2) is 97.2 Å². The third kappa shape index (κ3) is 48.2. The Kier molecular flexibility index (Phi) is 46.0. The summed E-state index contributed by atoms with van der Waals surface area (Å²) in [6, 6.07) is 0. The zero-order valence-corrected chi connectivity index (χ0v) is 40.7. The zero-order valence-electron chi connectivity index (χ0n) is 39.8. The van der Waals surface area contributed by atoms with E-state index < -0.39 is 32.5 Å². The van der Waals surface area contributed by atoms with Gasteiger partial charge in [0.25, 0.3) is 0 Å². The van der Waals surface area contributed by atoms with Crippen molar-refractivity contribution < 1.29 is 37.6 Å². The Morgan fingerprint density at radius 3 is 1.22 bits per heavy atom. The molecule has 0 radical (unpaired) electrons. The average molecular weight is 900 g/mol. The molecule has 9 nitrogen and oxygen atoms in total. The lowest BCUT2D eigenvalue weighted by molar-refractivity contribution is -0.161. The number of unbranched alkanes of at least 4 members (excludes halogenated alkanes) is 16. The molecule has 0 fully saturated rings. The molecule has 0 rings (SSSR count). The summed E-state index contributed by atoms with van der Waals surface area (Å²) < 4.78 is 32.9. The molecule has 2 atom stereocenters. The lowest BCUT2D eigenvalue weighted by atomic mass is 10.0. The molecule has 0 heterocycles. The van der Waals surface area contributed by atoms with Crippen LogP contribution in [0, 0.1) is 0 Å². The molecule has 0 aliphatic rings. The topological polar surface area (TPSA) is 134 Å². The summed E-state index contributed by atoms with van der Waals surface area (Å²) in [6.45, 7) is 3.47. The Hall–Kier alpha value is -3.07. The largest absolute Gasteiger partial charge is 0.472 e. The van der Waals surface area contributed by atoms with Crippen molar-refractivity contribution in [2.45, 2.75) is 200 Å². The van der Waals surface area contributed by atoms with Crippen molar-refractivity contribution >= 4 is 19.8 Å². The number of carbonyl (C=O) groups is 2. The zero-order chi connectivity index (χ0) is 46.0. The first-order valence-corrected chi connectivity index (χ1v) is 26.2. The molecule has 63 heavy (non-hydrogen) atoms. The SMILES string of the molecule is CC/C=C\C/C=C\C/C=C\C/C=C\CCCCCCCCCCCCCCC(=O)OC(COC(=O)CCCCCC/C=C\C/C=C\C/C=C\C/C=C\CC)COP(=O)(O)OCCN. The average Bonchev–Trinajstić information content (AvgIpc) is 3.27. The number of phosphoric ester groups is 1. The third-order valence-electron chi connectivity index (χ3n) is 9.97. The Morgan fingerprint density at radius 1 is 0.476 bits per heavy atom. The van der Waals surface area contributed by atoms with Crippen molar-refractivity contribution in [2.24, 2.45) is 5.73 Å². The Bertz CT molecular complexity index is 1350. The molecule has 3 N–H and O–H groups in total. The molecular formula is C53H90NO8P. The number of allylic oxidation sites excluding steroid dienone is 16.